The lowest BCUT2D eigenvalue weighted by atomic mass is 10.0. The van der Waals surface area contributed by atoms with Gasteiger partial charge in [0, 0.05) is 23.6 Å². The van der Waals surface area contributed by atoms with Crippen LogP contribution in [0.1, 0.15) is 42.3 Å². The molecule has 7 nitrogen and oxygen atoms in total. The molecule has 0 atom stereocenters. The van der Waals surface area contributed by atoms with E-state index in [0.717, 1.165) is 16.5 Å². The van der Waals surface area contributed by atoms with Crippen LogP contribution in [0.3, 0.4) is 0 Å². The highest BCUT2D eigenvalue weighted by molar-refractivity contribution is 7.90. The summed E-state index contributed by atoms with van der Waals surface area (Å²) in [6.07, 6.45) is 3.04. The molecule has 0 bridgehead atoms. The molecule has 4 aromatic rings. The minimum atomic E-state index is -3.85. The van der Waals surface area contributed by atoms with Crippen molar-refractivity contribution in [3.05, 3.63) is 83.1 Å². The van der Waals surface area contributed by atoms with Gasteiger partial charge in [0.2, 0.25) is 0 Å². The van der Waals surface area contributed by atoms with E-state index in [1.807, 2.05) is 13.0 Å². The number of aromatic nitrogens is 2. The van der Waals surface area contributed by atoms with Crippen LogP contribution in [0.2, 0.25) is 0 Å². The van der Waals surface area contributed by atoms with Gasteiger partial charge in [-0.3, -0.25) is 4.98 Å². The molecule has 0 saturated carbocycles. The fourth-order valence-electron chi connectivity index (χ4n) is 4.36. The Morgan fingerprint density at radius 1 is 0.974 bits per heavy atom. The van der Waals surface area contributed by atoms with Crippen LogP contribution < -0.4 is 9.47 Å². The summed E-state index contributed by atoms with van der Waals surface area (Å²) in [5, 5.41) is 0.755. The number of rotatable bonds is 11. The molecule has 0 N–H and O–H groups in total. The monoisotopic (exact) mass is 538 g/mol. The summed E-state index contributed by atoms with van der Waals surface area (Å²) >= 11 is 0. The highest BCUT2D eigenvalue weighted by atomic mass is 32.2. The SMILES string of the molecule is CC(=O)CCCc1c(C)n(S(=O)(=O)c2ccc(C)cc2)c2ccc(OCCOc3cnc(C)c(F)c3)cc12. The Labute approximate surface area is 222 Å². The number of carbonyl (C=O) groups is 1. The van der Waals surface area contributed by atoms with Crippen molar-refractivity contribution in [3.63, 3.8) is 0 Å². The molecule has 0 spiro atoms. The van der Waals surface area contributed by atoms with E-state index >= 15 is 0 Å². The Bertz CT molecular complexity index is 1580. The van der Waals surface area contributed by atoms with Gasteiger partial charge in [0.15, 0.2) is 0 Å². The van der Waals surface area contributed by atoms with Gasteiger partial charge in [-0.2, -0.15) is 0 Å². The first-order chi connectivity index (χ1) is 18.1. The number of carbonyl (C=O) groups excluding carboxylic acids is 1. The van der Waals surface area contributed by atoms with Crippen molar-refractivity contribution >= 4 is 26.7 Å². The molecule has 38 heavy (non-hydrogen) atoms. The van der Waals surface area contributed by atoms with E-state index in [4.69, 9.17) is 9.47 Å². The lowest BCUT2D eigenvalue weighted by Gasteiger charge is -2.11. The summed E-state index contributed by atoms with van der Waals surface area (Å²) in [7, 11) is -3.85. The molecule has 2 aromatic heterocycles. The number of Topliss-reactive ketones (excluding diaryl/α,β-unsaturated/α-hetero) is 1. The minimum absolute atomic E-state index is 0.0892. The second-order valence-corrected chi connectivity index (χ2v) is 11.1. The molecular formula is C29H31FN2O5S. The summed E-state index contributed by atoms with van der Waals surface area (Å²) in [6.45, 7) is 7.19. The predicted octanol–water partition coefficient (Wildman–Crippen LogP) is 5.71. The van der Waals surface area contributed by atoms with Gasteiger partial charge in [0.1, 0.15) is 36.3 Å². The van der Waals surface area contributed by atoms with Crippen LogP contribution in [0.15, 0.2) is 59.6 Å². The molecule has 0 radical (unpaired) electrons. The number of pyridine rings is 1. The average Bonchev–Trinajstić information content (AvgIpc) is 3.15. The fraction of sp³-hybridized carbons (Fsp3) is 0.310. The van der Waals surface area contributed by atoms with Gasteiger partial charge >= 0.3 is 0 Å². The molecule has 9 heteroatoms. The zero-order valence-corrected chi connectivity index (χ0v) is 22.8. The number of nitrogens with zero attached hydrogens (tertiary/aromatic N) is 2. The molecule has 0 saturated heterocycles. The van der Waals surface area contributed by atoms with Gasteiger partial charge in [-0.15, -0.1) is 0 Å². The summed E-state index contributed by atoms with van der Waals surface area (Å²) < 4.78 is 53.8. The van der Waals surface area contributed by atoms with Crippen molar-refractivity contribution in [2.45, 2.75) is 51.9 Å². The van der Waals surface area contributed by atoms with Crippen LogP contribution in [-0.4, -0.2) is 36.4 Å². The third-order valence-electron chi connectivity index (χ3n) is 6.39. The standard InChI is InChI=1S/C29H31FN2O5S/c1-19-8-11-25(12-9-19)38(34,35)32-22(4)26(7-5-6-20(2)33)27-16-23(10-13-29(27)32)36-14-15-37-24-17-28(30)21(3)31-18-24/h8-13,16-18H,5-7,14-15H2,1-4H3. The second-order valence-electron chi connectivity index (χ2n) is 9.32. The van der Waals surface area contributed by atoms with Gasteiger partial charge in [-0.05, 0) is 76.4 Å². The molecular weight excluding hydrogens is 507 g/mol. The van der Waals surface area contributed by atoms with Crippen LogP contribution in [0.4, 0.5) is 4.39 Å². The number of aryl methyl sites for hydroxylation is 3. The van der Waals surface area contributed by atoms with E-state index in [1.54, 1.807) is 57.2 Å². The van der Waals surface area contributed by atoms with E-state index in [9.17, 15) is 17.6 Å². The third-order valence-corrected chi connectivity index (χ3v) is 8.21. The number of fused-ring (bicyclic) bond motifs is 1. The van der Waals surface area contributed by atoms with Crippen molar-refractivity contribution in [2.75, 3.05) is 13.2 Å². The number of ketones is 1. The molecule has 0 aliphatic rings. The maximum absolute atomic E-state index is 13.7. The van der Waals surface area contributed by atoms with Gasteiger partial charge in [0.05, 0.1) is 22.3 Å². The molecule has 2 heterocycles. The van der Waals surface area contributed by atoms with Crippen molar-refractivity contribution in [1.82, 2.24) is 8.96 Å². The zero-order valence-electron chi connectivity index (χ0n) is 22.0. The number of benzene rings is 2. The lowest BCUT2D eigenvalue weighted by Crippen LogP contribution is -2.14. The normalized spacial score (nSPS) is 11.6. The highest BCUT2D eigenvalue weighted by Crippen LogP contribution is 2.33. The Morgan fingerprint density at radius 3 is 2.32 bits per heavy atom. The maximum atomic E-state index is 13.7. The number of ether oxygens (including phenoxy) is 2. The molecule has 2 aromatic carbocycles. The van der Waals surface area contributed by atoms with E-state index in [-0.39, 0.29) is 23.9 Å². The molecule has 0 amide bonds. The van der Waals surface area contributed by atoms with Crippen LogP contribution in [-0.2, 0) is 21.2 Å². The van der Waals surface area contributed by atoms with Crippen molar-refractivity contribution in [1.29, 1.82) is 0 Å². The second kappa shape index (κ2) is 11.3. The minimum Gasteiger partial charge on any atom is -0.490 e. The van der Waals surface area contributed by atoms with Crippen LogP contribution in [0.5, 0.6) is 11.5 Å². The van der Waals surface area contributed by atoms with Crippen LogP contribution in [0.25, 0.3) is 10.9 Å². The summed E-state index contributed by atoms with van der Waals surface area (Å²) in [5.41, 5.74) is 3.29. The van der Waals surface area contributed by atoms with Crippen molar-refractivity contribution in [2.24, 2.45) is 0 Å². The number of hydrogen-bond donors (Lipinski definition) is 0. The third kappa shape index (κ3) is 5.88. The lowest BCUT2D eigenvalue weighted by molar-refractivity contribution is -0.117. The van der Waals surface area contributed by atoms with Crippen LogP contribution >= 0.6 is 0 Å². The topological polar surface area (TPSA) is 87.5 Å². The maximum Gasteiger partial charge on any atom is 0.268 e. The molecule has 0 aliphatic heterocycles. The van der Waals surface area contributed by atoms with Gasteiger partial charge in [-0.1, -0.05) is 17.7 Å². The van der Waals surface area contributed by atoms with Crippen LogP contribution in [0, 0.1) is 26.6 Å². The Morgan fingerprint density at radius 2 is 1.66 bits per heavy atom. The number of halogens is 1. The van der Waals surface area contributed by atoms with Gasteiger partial charge in [0.25, 0.3) is 10.0 Å². The van der Waals surface area contributed by atoms with Gasteiger partial charge in [-0.25, -0.2) is 16.8 Å². The first-order valence-electron chi connectivity index (χ1n) is 12.4. The van der Waals surface area contributed by atoms with E-state index in [1.165, 1.54) is 16.2 Å². The van der Waals surface area contributed by atoms with Crippen molar-refractivity contribution in [3.8, 4) is 11.5 Å². The Hall–Kier alpha value is -3.72. The van der Waals surface area contributed by atoms with E-state index in [0.29, 0.717) is 47.7 Å². The first-order valence-corrected chi connectivity index (χ1v) is 13.9. The predicted molar refractivity (Wildman–Crippen MR) is 144 cm³/mol. The highest BCUT2D eigenvalue weighted by Gasteiger charge is 2.25. The molecule has 0 aliphatic carbocycles. The number of hydrogen-bond acceptors (Lipinski definition) is 6. The van der Waals surface area contributed by atoms with Gasteiger partial charge < -0.3 is 14.3 Å². The molecule has 0 fully saturated rings. The largest absolute Gasteiger partial charge is 0.490 e. The quantitative estimate of drug-likeness (QED) is 0.228. The first kappa shape index (κ1) is 27.3. The van der Waals surface area contributed by atoms with E-state index in [2.05, 4.69) is 4.98 Å². The summed E-state index contributed by atoms with van der Waals surface area (Å²) in [6, 6.07) is 13.3. The molecule has 200 valence electrons. The summed E-state index contributed by atoms with van der Waals surface area (Å²) in [5.74, 6) is 0.513. The smallest absolute Gasteiger partial charge is 0.268 e. The molecule has 4 rings (SSSR count). The summed E-state index contributed by atoms with van der Waals surface area (Å²) in [4.78, 5) is 15.7. The van der Waals surface area contributed by atoms with E-state index < -0.39 is 15.8 Å². The average molecular weight is 539 g/mol. The Kier molecular flexibility index (Phi) is 8.16. The fourth-order valence-corrected chi connectivity index (χ4v) is 5.94. The van der Waals surface area contributed by atoms with Crippen molar-refractivity contribution < 1.29 is 27.1 Å². The zero-order chi connectivity index (χ0) is 27.4. The molecule has 0 unspecified atom stereocenters. The Balaban J connectivity index is 1.62.